The van der Waals surface area contributed by atoms with Gasteiger partial charge in [0.05, 0.1) is 0 Å². The van der Waals surface area contributed by atoms with Gasteiger partial charge in [-0.15, -0.1) is 13.2 Å². The molecule has 8 heteroatoms. The minimum Gasteiger partial charge on any atom is -0.481 e. The van der Waals surface area contributed by atoms with Crippen molar-refractivity contribution in [2.45, 2.75) is 50.9 Å². The van der Waals surface area contributed by atoms with Crippen molar-refractivity contribution in [3.8, 4) is 16.9 Å². The quantitative estimate of drug-likeness (QED) is 0.360. The van der Waals surface area contributed by atoms with E-state index in [-0.39, 0.29) is 12.2 Å². The number of carbonyl (C=O) groups is 1. The van der Waals surface area contributed by atoms with Crippen molar-refractivity contribution in [2.75, 3.05) is 5.32 Å². The number of alkyl halides is 3. The summed E-state index contributed by atoms with van der Waals surface area (Å²) in [5.41, 5.74) is 3.94. The molecular weight excluding hydrogens is 457 g/mol. The van der Waals surface area contributed by atoms with Gasteiger partial charge in [0.2, 0.25) is 0 Å². The Balaban J connectivity index is 1.31. The molecule has 5 nitrogen and oxygen atoms in total. The van der Waals surface area contributed by atoms with Crippen LogP contribution in [0, 0.1) is 5.92 Å². The van der Waals surface area contributed by atoms with Crippen LogP contribution in [-0.2, 0) is 11.3 Å². The van der Waals surface area contributed by atoms with Crippen molar-refractivity contribution in [2.24, 2.45) is 5.92 Å². The predicted octanol–water partition coefficient (Wildman–Crippen LogP) is 7.01. The van der Waals surface area contributed by atoms with E-state index in [4.69, 9.17) is 5.11 Å². The first-order valence-electron chi connectivity index (χ1n) is 11.6. The zero-order valence-electron chi connectivity index (χ0n) is 19.1. The Hall–Kier alpha value is -3.55. The van der Waals surface area contributed by atoms with E-state index in [2.05, 4.69) is 39.3 Å². The van der Waals surface area contributed by atoms with Crippen molar-refractivity contribution in [1.29, 1.82) is 0 Å². The highest BCUT2D eigenvalue weighted by molar-refractivity contribution is 5.67. The van der Waals surface area contributed by atoms with Crippen molar-refractivity contribution in [3.63, 3.8) is 0 Å². The highest BCUT2D eigenvalue weighted by Gasteiger charge is 2.31. The van der Waals surface area contributed by atoms with Crippen LogP contribution in [0.25, 0.3) is 11.1 Å². The summed E-state index contributed by atoms with van der Waals surface area (Å²) in [7, 11) is 0. The summed E-state index contributed by atoms with van der Waals surface area (Å²) in [6.07, 6.45) is 1.26. The van der Waals surface area contributed by atoms with Gasteiger partial charge < -0.3 is 15.2 Å². The highest BCUT2D eigenvalue weighted by Crippen LogP contribution is 2.37. The van der Waals surface area contributed by atoms with Crippen LogP contribution in [0.4, 0.5) is 19.0 Å². The topological polar surface area (TPSA) is 71.5 Å². The van der Waals surface area contributed by atoms with E-state index in [0.29, 0.717) is 29.8 Å². The molecule has 0 spiro atoms. The number of pyridine rings is 1. The third-order valence-corrected chi connectivity index (χ3v) is 6.39. The predicted molar refractivity (Wildman–Crippen MR) is 127 cm³/mol. The second-order valence-electron chi connectivity index (χ2n) is 8.92. The van der Waals surface area contributed by atoms with Crippen LogP contribution in [0.15, 0.2) is 66.9 Å². The molecule has 1 saturated carbocycles. The molecule has 2 aromatic carbocycles. The molecule has 2 N–H and O–H groups in total. The standard InChI is InChI=1S/C27H27F3N2O3/c28-27(29,30)35-24-3-1-2-19(14-24)16-31-25-13-12-23(17-32-25)22-10-8-21(9-11-22)20-6-4-18(5-7-20)15-26(33)34/h1-3,8-14,17-18,20H,4-7,15-16H2,(H,31,32)(H,33,34)/t18-,20-. The van der Waals surface area contributed by atoms with Gasteiger partial charge in [0.15, 0.2) is 0 Å². The first-order chi connectivity index (χ1) is 16.7. The molecule has 0 unspecified atom stereocenters. The molecule has 1 fully saturated rings. The van der Waals surface area contributed by atoms with Gasteiger partial charge in [0, 0.05) is 24.7 Å². The molecule has 184 valence electrons. The van der Waals surface area contributed by atoms with E-state index >= 15 is 0 Å². The molecule has 35 heavy (non-hydrogen) atoms. The zero-order valence-corrected chi connectivity index (χ0v) is 19.1. The van der Waals surface area contributed by atoms with Gasteiger partial charge in [-0.3, -0.25) is 4.79 Å². The Labute approximate surface area is 202 Å². The lowest BCUT2D eigenvalue weighted by Crippen LogP contribution is -2.17. The van der Waals surface area contributed by atoms with E-state index in [9.17, 15) is 18.0 Å². The van der Waals surface area contributed by atoms with Crippen LogP contribution in [-0.4, -0.2) is 22.4 Å². The fraction of sp³-hybridized carbons (Fsp3) is 0.333. The average Bonchev–Trinajstić information content (AvgIpc) is 2.83. The number of benzene rings is 2. The van der Waals surface area contributed by atoms with E-state index in [1.807, 2.05) is 12.1 Å². The van der Waals surface area contributed by atoms with Gasteiger partial charge in [-0.05, 0) is 78.5 Å². The molecule has 0 atom stereocenters. The number of anilines is 1. The summed E-state index contributed by atoms with van der Waals surface area (Å²) < 4.78 is 41.2. The maximum atomic E-state index is 12.4. The number of aliphatic carboxylic acids is 1. The van der Waals surface area contributed by atoms with E-state index < -0.39 is 12.3 Å². The summed E-state index contributed by atoms with van der Waals surface area (Å²) in [6.45, 7) is 0.310. The molecule has 1 aromatic heterocycles. The van der Waals surface area contributed by atoms with Crippen LogP contribution < -0.4 is 10.1 Å². The fourth-order valence-corrected chi connectivity index (χ4v) is 4.61. The number of carboxylic acid groups (broad SMARTS) is 1. The molecule has 3 aromatic rings. The SMILES string of the molecule is O=C(O)C[C@H]1CC[C@H](c2ccc(-c3ccc(NCc4cccc(OC(F)(F)F)c4)nc3)cc2)CC1. The van der Waals surface area contributed by atoms with Crippen LogP contribution in [0.3, 0.4) is 0 Å². The third-order valence-electron chi connectivity index (χ3n) is 6.39. The molecule has 1 aliphatic carbocycles. The number of nitrogens with zero attached hydrogens (tertiary/aromatic N) is 1. The molecule has 1 heterocycles. The molecular formula is C27H27F3N2O3. The zero-order chi connectivity index (χ0) is 24.8. The summed E-state index contributed by atoms with van der Waals surface area (Å²) in [4.78, 5) is 15.3. The number of ether oxygens (including phenoxy) is 1. The van der Waals surface area contributed by atoms with Gasteiger partial charge in [-0.25, -0.2) is 4.98 Å². The number of aromatic nitrogens is 1. The lowest BCUT2D eigenvalue weighted by Gasteiger charge is -2.28. The number of hydrogen-bond acceptors (Lipinski definition) is 4. The monoisotopic (exact) mass is 484 g/mol. The van der Waals surface area contributed by atoms with Gasteiger partial charge in [0.1, 0.15) is 11.6 Å². The summed E-state index contributed by atoms with van der Waals surface area (Å²) in [5, 5.41) is 12.1. The minimum absolute atomic E-state index is 0.253. The molecule has 0 saturated heterocycles. The Morgan fingerprint density at radius 3 is 2.34 bits per heavy atom. The number of halogens is 3. The van der Waals surface area contributed by atoms with Gasteiger partial charge in [-0.2, -0.15) is 0 Å². The van der Waals surface area contributed by atoms with Crippen LogP contribution in [0.1, 0.15) is 49.1 Å². The van der Waals surface area contributed by atoms with Gasteiger partial charge >= 0.3 is 12.3 Å². The van der Waals surface area contributed by atoms with Crippen molar-refractivity contribution in [3.05, 3.63) is 78.0 Å². The number of carboxylic acids is 1. The molecule has 0 aliphatic heterocycles. The Morgan fingerprint density at radius 2 is 1.71 bits per heavy atom. The molecule has 0 radical (unpaired) electrons. The first kappa shape index (κ1) is 24.6. The maximum Gasteiger partial charge on any atom is 0.573 e. The Kier molecular flexibility index (Phi) is 7.58. The number of nitrogens with one attached hydrogen (secondary N) is 1. The smallest absolute Gasteiger partial charge is 0.481 e. The minimum atomic E-state index is -4.72. The average molecular weight is 485 g/mol. The van der Waals surface area contributed by atoms with E-state index in [1.54, 1.807) is 12.3 Å². The lowest BCUT2D eigenvalue weighted by atomic mass is 9.77. The largest absolute Gasteiger partial charge is 0.573 e. The van der Waals surface area contributed by atoms with Crippen LogP contribution in [0.5, 0.6) is 5.75 Å². The third kappa shape index (κ3) is 7.21. The maximum absolute atomic E-state index is 12.4. The van der Waals surface area contributed by atoms with Gasteiger partial charge in [-0.1, -0.05) is 36.4 Å². The molecule has 0 amide bonds. The van der Waals surface area contributed by atoms with E-state index in [1.165, 1.54) is 23.8 Å². The van der Waals surface area contributed by atoms with E-state index in [0.717, 1.165) is 36.8 Å². The second-order valence-corrected chi connectivity index (χ2v) is 8.92. The normalized spacial score (nSPS) is 18.1. The van der Waals surface area contributed by atoms with Crippen molar-refractivity contribution < 1.29 is 27.8 Å². The Morgan fingerprint density at radius 1 is 1.00 bits per heavy atom. The summed E-state index contributed by atoms with van der Waals surface area (Å²) >= 11 is 0. The second kappa shape index (κ2) is 10.8. The number of hydrogen-bond donors (Lipinski definition) is 2. The van der Waals surface area contributed by atoms with Crippen molar-refractivity contribution in [1.82, 2.24) is 4.98 Å². The van der Waals surface area contributed by atoms with Crippen LogP contribution in [0.2, 0.25) is 0 Å². The van der Waals surface area contributed by atoms with Crippen LogP contribution >= 0.6 is 0 Å². The molecule has 1 aliphatic rings. The van der Waals surface area contributed by atoms with Crippen molar-refractivity contribution >= 4 is 11.8 Å². The molecule has 0 bridgehead atoms. The number of rotatable bonds is 8. The Bertz CT molecular complexity index is 1120. The highest BCUT2D eigenvalue weighted by atomic mass is 19.4. The lowest BCUT2D eigenvalue weighted by molar-refractivity contribution is -0.274. The fourth-order valence-electron chi connectivity index (χ4n) is 4.61. The first-order valence-corrected chi connectivity index (χ1v) is 11.6. The molecule has 4 rings (SSSR count). The summed E-state index contributed by atoms with van der Waals surface area (Å²) in [5.74, 6) is 0.414. The van der Waals surface area contributed by atoms with Gasteiger partial charge in [0.25, 0.3) is 0 Å². The summed E-state index contributed by atoms with van der Waals surface area (Å²) in [6, 6.07) is 18.1.